The van der Waals surface area contributed by atoms with Crippen molar-refractivity contribution in [2.75, 3.05) is 0 Å². The van der Waals surface area contributed by atoms with Gasteiger partial charge in [0.05, 0.1) is 30.4 Å². The van der Waals surface area contributed by atoms with E-state index in [4.69, 9.17) is 0 Å². The fraction of sp³-hybridized carbons (Fsp3) is 0.630. The van der Waals surface area contributed by atoms with E-state index >= 15 is 0 Å². The van der Waals surface area contributed by atoms with Crippen LogP contribution in [0.25, 0.3) is 11.3 Å². The molecule has 32 heavy (non-hydrogen) atoms. The Balaban J connectivity index is 1.19. The summed E-state index contributed by atoms with van der Waals surface area (Å²) in [6.07, 6.45) is 15.9. The minimum absolute atomic E-state index is 0.0497. The number of nitrogens with zero attached hydrogens (tertiary/aromatic N) is 2. The van der Waals surface area contributed by atoms with Crippen molar-refractivity contribution < 1.29 is 9.90 Å². The molecule has 2 unspecified atom stereocenters. The molecule has 2 N–H and O–H groups in total. The molecule has 5 nitrogen and oxygen atoms in total. The first-order chi connectivity index (χ1) is 15.6. The average molecular weight is 434 g/mol. The van der Waals surface area contributed by atoms with Crippen LogP contribution in [0.5, 0.6) is 0 Å². The third-order valence-corrected chi connectivity index (χ3v) is 9.46. The molecule has 5 heteroatoms. The average Bonchev–Trinajstić information content (AvgIpc) is 3.49. The van der Waals surface area contributed by atoms with E-state index in [9.17, 15) is 9.90 Å². The molecule has 1 aromatic carbocycles. The Bertz CT molecular complexity index is 998. The molecule has 2 atom stereocenters. The maximum atomic E-state index is 13.3. The second-order valence-corrected chi connectivity index (χ2v) is 11.0. The number of aliphatic hydroxyl groups is 1. The number of amides is 1. The smallest absolute Gasteiger partial charge is 0.226 e. The molecule has 5 aliphatic rings. The highest BCUT2D eigenvalue weighted by Crippen LogP contribution is 2.57. The molecule has 1 amide bonds. The van der Waals surface area contributed by atoms with Gasteiger partial charge in [-0.15, -0.1) is 0 Å². The zero-order valence-electron chi connectivity index (χ0n) is 18.9. The van der Waals surface area contributed by atoms with Crippen molar-refractivity contribution in [1.29, 1.82) is 0 Å². The molecule has 0 spiro atoms. The maximum absolute atomic E-state index is 13.3. The number of carbonyl (C=O) groups excluding carboxylic acids is 1. The van der Waals surface area contributed by atoms with Gasteiger partial charge in [-0.05, 0) is 68.8 Å². The molecule has 4 saturated carbocycles. The van der Waals surface area contributed by atoms with Crippen LogP contribution in [0.3, 0.4) is 0 Å². The molecular formula is C27H35N3O2. The molecule has 0 radical (unpaired) electrons. The lowest BCUT2D eigenvalue weighted by Gasteiger charge is -2.45. The number of fused-ring (bicyclic) bond motifs is 7. The van der Waals surface area contributed by atoms with Gasteiger partial charge in [0.2, 0.25) is 5.91 Å². The van der Waals surface area contributed by atoms with Gasteiger partial charge in [0.15, 0.2) is 0 Å². The number of hydrogen-bond acceptors (Lipinski definition) is 3. The van der Waals surface area contributed by atoms with Gasteiger partial charge < -0.3 is 15.0 Å². The summed E-state index contributed by atoms with van der Waals surface area (Å²) in [5, 5.41) is 15.0. The highest BCUT2D eigenvalue weighted by Gasteiger charge is 2.52. The Morgan fingerprint density at radius 3 is 2.69 bits per heavy atom. The Morgan fingerprint density at radius 2 is 1.88 bits per heavy atom. The van der Waals surface area contributed by atoms with Crippen molar-refractivity contribution in [3.05, 3.63) is 42.4 Å². The molecule has 0 saturated heterocycles. The number of aliphatic hydroxyl groups excluding tert-OH is 1. The van der Waals surface area contributed by atoms with Gasteiger partial charge in [-0.1, -0.05) is 43.5 Å². The lowest BCUT2D eigenvalue weighted by Crippen LogP contribution is -2.48. The van der Waals surface area contributed by atoms with Crippen LogP contribution >= 0.6 is 0 Å². The highest BCUT2D eigenvalue weighted by molar-refractivity contribution is 5.83. The van der Waals surface area contributed by atoms with Crippen molar-refractivity contribution in [1.82, 2.24) is 14.9 Å². The van der Waals surface area contributed by atoms with Gasteiger partial charge >= 0.3 is 0 Å². The largest absolute Gasteiger partial charge is 0.392 e. The topological polar surface area (TPSA) is 67.2 Å². The number of nitrogens with one attached hydrogen (secondary N) is 1. The van der Waals surface area contributed by atoms with Crippen LogP contribution in [0.15, 0.2) is 36.8 Å². The van der Waals surface area contributed by atoms with Gasteiger partial charge in [-0.2, -0.15) is 0 Å². The molecule has 2 heterocycles. The Labute approximate surface area is 190 Å². The first-order valence-corrected chi connectivity index (χ1v) is 12.7. The summed E-state index contributed by atoms with van der Waals surface area (Å²) in [4.78, 5) is 17.7. The second kappa shape index (κ2) is 7.72. The lowest BCUT2D eigenvalue weighted by molar-refractivity contribution is -0.136. The van der Waals surface area contributed by atoms with Crippen LogP contribution < -0.4 is 5.32 Å². The van der Waals surface area contributed by atoms with Crippen molar-refractivity contribution >= 4 is 5.91 Å². The van der Waals surface area contributed by atoms with Gasteiger partial charge in [0.1, 0.15) is 0 Å². The predicted molar refractivity (Wildman–Crippen MR) is 124 cm³/mol. The first-order valence-electron chi connectivity index (χ1n) is 12.7. The first kappa shape index (κ1) is 20.5. The van der Waals surface area contributed by atoms with Crippen molar-refractivity contribution in [2.24, 2.45) is 10.8 Å². The summed E-state index contributed by atoms with van der Waals surface area (Å²) >= 11 is 0. The number of benzene rings is 1. The van der Waals surface area contributed by atoms with Crippen LogP contribution in [0.1, 0.15) is 88.7 Å². The normalized spacial score (nSPS) is 32.3. The molecule has 4 fully saturated rings. The van der Waals surface area contributed by atoms with Crippen LogP contribution in [-0.2, 0) is 4.79 Å². The van der Waals surface area contributed by atoms with Crippen LogP contribution in [0.4, 0.5) is 0 Å². The third-order valence-electron chi connectivity index (χ3n) is 9.46. The second-order valence-electron chi connectivity index (χ2n) is 11.0. The van der Waals surface area contributed by atoms with Crippen LogP contribution in [-0.4, -0.2) is 32.7 Å². The van der Waals surface area contributed by atoms with Gasteiger partial charge in [0.25, 0.3) is 0 Å². The lowest BCUT2D eigenvalue weighted by atomic mass is 9.62. The summed E-state index contributed by atoms with van der Waals surface area (Å²) in [7, 11) is 0. The standard InChI is InChI=1S/C27H35N3O2/c31-24(16-22-20-8-3-4-9-21(20)23-17-28-18-30(22)23)26-10-5-11-27(14-12-26,15-13-26)25(32)29-19-6-1-2-7-19/h3-4,8-9,17-19,22,24,31H,1-2,5-7,10-16H2,(H,29,32). The summed E-state index contributed by atoms with van der Waals surface area (Å²) in [6.45, 7) is 0. The molecule has 170 valence electrons. The SMILES string of the molecule is O=C(NC1CCCC1)C12CCCC(C(O)CC3c4ccccc4-c4cncn43)(CC1)CC2. The quantitative estimate of drug-likeness (QED) is 0.698. The number of aromatic nitrogens is 2. The number of rotatable bonds is 5. The molecule has 4 aliphatic carbocycles. The van der Waals surface area contributed by atoms with Crippen molar-refractivity contribution in [3.8, 4) is 11.3 Å². The number of carbonyl (C=O) groups is 1. The zero-order chi connectivity index (χ0) is 21.8. The Kier molecular flexibility index (Phi) is 4.94. The summed E-state index contributed by atoms with van der Waals surface area (Å²) in [5.74, 6) is 0.308. The molecule has 1 aliphatic heterocycles. The summed E-state index contributed by atoms with van der Waals surface area (Å²) < 4.78 is 2.24. The minimum atomic E-state index is -0.358. The molecule has 2 bridgehead atoms. The third kappa shape index (κ3) is 3.15. The molecular weight excluding hydrogens is 398 g/mol. The van der Waals surface area contributed by atoms with Crippen LogP contribution in [0, 0.1) is 10.8 Å². The minimum Gasteiger partial charge on any atom is -0.392 e. The van der Waals surface area contributed by atoms with E-state index in [1.54, 1.807) is 0 Å². The van der Waals surface area contributed by atoms with Crippen molar-refractivity contribution in [2.45, 2.75) is 95.2 Å². The number of imidazole rings is 1. The zero-order valence-corrected chi connectivity index (χ0v) is 18.9. The van der Waals surface area contributed by atoms with Crippen LogP contribution in [0.2, 0.25) is 0 Å². The Hall–Kier alpha value is -2.14. The van der Waals surface area contributed by atoms with E-state index in [1.807, 2.05) is 12.5 Å². The molecule has 1 aromatic heterocycles. The van der Waals surface area contributed by atoms with Gasteiger partial charge in [-0.25, -0.2) is 4.98 Å². The Morgan fingerprint density at radius 1 is 1.09 bits per heavy atom. The highest BCUT2D eigenvalue weighted by atomic mass is 16.3. The van der Waals surface area contributed by atoms with Crippen molar-refractivity contribution in [3.63, 3.8) is 0 Å². The van der Waals surface area contributed by atoms with E-state index in [0.717, 1.165) is 69.9 Å². The predicted octanol–water partition coefficient (Wildman–Crippen LogP) is 4.99. The van der Waals surface area contributed by atoms with E-state index < -0.39 is 0 Å². The van der Waals surface area contributed by atoms with E-state index in [-0.39, 0.29) is 23.0 Å². The summed E-state index contributed by atoms with van der Waals surface area (Å²) in [5.41, 5.74) is 3.45. The summed E-state index contributed by atoms with van der Waals surface area (Å²) in [6, 6.07) is 9.08. The molecule has 7 rings (SSSR count). The maximum Gasteiger partial charge on any atom is 0.226 e. The fourth-order valence-corrected chi connectivity index (χ4v) is 7.39. The monoisotopic (exact) mass is 433 g/mol. The van der Waals surface area contributed by atoms with E-state index in [2.05, 4.69) is 39.1 Å². The van der Waals surface area contributed by atoms with E-state index in [1.165, 1.54) is 24.0 Å². The van der Waals surface area contributed by atoms with Gasteiger partial charge in [0, 0.05) is 17.0 Å². The number of hydrogen-bond donors (Lipinski definition) is 2. The van der Waals surface area contributed by atoms with E-state index in [0.29, 0.717) is 11.9 Å². The van der Waals surface area contributed by atoms with Gasteiger partial charge in [-0.3, -0.25) is 4.79 Å². The molecule has 2 aromatic rings. The fourth-order valence-electron chi connectivity index (χ4n) is 7.39.